The number of halogens is 1. The normalized spacial score (nSPS) is 11.0. The van der Waals surface area contributed by atoms with E-state index >= 15 is 0 Å². The zero-order valence-electron chi connectivity index (χ0n) is 13.5. The van der Waals surface area contributed by atoms with Gasteiger partial charge in [0.1, 0.15) is 0 Å². The van der Waals surface area contributed by atoms with Gasteiger partial charge in [-0.15, -0.1) is 0 Å². The van der Waals surface area contributed by atoms with Gasteiger partial charge < -0.3 is 5.32 Å². The van der Waals surface area contributed by atoms with Gasteiger partial charge in [-0.05, 0) is 42.0 Å². The molecule has 26 heavy (non-hydrogen) atoms. The highest BCUT2D eigenvalue weighted by atomic mass is 35.5. The number of pyridine rings is 2. The van der Waals surface area contributed by atoms with Crippen LogP contribution in [0.3, 0.4) is 0 Å². The summed E-state index contributed by atoms with van der Waals surface area (Å²) in [5, 5.41) is 3.69. The molecule has 4 rings (SSSR count). The Hall–Kier alpha value is -3.25. The number of hydrogen-bond acceptors (Lipinski definition) is 4. The molecule has 0 aliphatic heterocycles. The van der Waals surface area contributed by atoms with Crippen LogP contribution in [-0.4, -0.2) is 20.3 Å². The lowest BCUT2D eigenvalue weighted by molar-refractivity contribution is 0.0952. The number of carbonyl (C=O) groups is 1. The molecule has 0 bridgehead atoms. The molecule has 6 nitrogen and oxygen atoms in total. The van der Waals surface area contributed by atoms with Crippen LogP contribution in [-0.2, 0) is 6.54 Å². The summed E-state index contributed by atoms with van der Waals surface area (Å²) in [6, 6.07) is 11.9. The number of benzene rings is 1. The van der Waals surface area contributed by atoms with Crippen molar-refractivity contribution >= 4 is 34.1 Å². The van der Waals surface area contributed by atoms with E-state index in [9.17, 15) is 9.59 Å². The Morgan fingerprint density at radius 2 is 2.08 bits per heavy atom. The fraction of sp³-hybridized carbons (Fsp3) is 0.0526. The predicted molar refractivity (Wildman–Crippen MR) is 99.4 cm³/mol. The molecule has 0 fully saturated rings. The van der Waals surface area contributed by atoms with Crippen molar-refractivity contribution in [1.82, 2.24) is 19.7 Å². The summed E-state index contributed by atoms with van der Waals surface area (Å²) < 4.78 is 1.36. The summed E-state index contributed by atoms with van der Waals surface area (Å²) in [7, 11) is 0. The van der Waals surface area contributed by atoms with Gasteiger partial charge in [-0.25, -0.2) is 4.98 Å². The predicted octanol–water partition coefficient (Wildman–Crippen LogP) is 2.83. The van der Waals surface area contributed by atoms with Crippen molar-refractivity contribution in [3.63, 3.8) is 0 Å². The van der Waals surface area contributed by atoms with Crippen LogP contribution in [0, 0.1) is 0 Å². The lowest BCUT2D eigenvalue weighted by atomic mass is 10.2. The Labute approximate surface area is 153 Å². The van der Waals surface area contributed by atoms with Crippen LogP contribution in [0.25, 0.3) is 16.6 Å². The van der Waals surface area contributed by atoms with Gasteiger partial charge in [0.05, 0.1) is 16.5 Å². The summed E-state index contributed by atoms with van der Waals surface area (Å²) in [6.45, 7) is 0.334. The fourth-order valence-electron chi connectivity index (χ4n) is 2.76. The molecule has 0 saturated carbocycles. The Kier molecular flexibility index (Phi) is 4.10. The maximum Gasteiger partial charge on any atom is 0.265 e. The molecule has 0 aliphatic rings. The van der Waals surface area contributed by atoms with E-state index in [1.807, 2.05) is 6.07 Å². The van der Waals surface area contributed by atoms with Crippen LogP contribution in [0.2, 0.25) is 5.02 Å². The second-order valence-corrected chi connectivity index (χ2v) is 6.17. The van der Waals surface area contributed by atoms with Gasteiger partial charge in [-0.1, -0.05) is 17.7 Å². The monoisotopic (exact) mass is 364 g/mol. The zero-order chi connectivity index (χ0) is 18.1. The Bertz CT molecular complexity index is 1190. The third kappa shape index (κ3) is 2.91. The van der Waals surface area contributed by atoms with E-state index in [0.29, 0.717) is 33.7 Å². The van der Waals surface area contributed by atoms with E-state index in [-0.39, 0.29) is 11.5 Å². The Morgan fingerprint density at radius 1 is 1.19 bits per heavy atom. The molecule has 1 N–H and O–H groups in total. The highest BCUT2D eigenvalue weighted by Gasteiger charge is 2.14. The minimum Gasteiger partial charge on any atom is -0.348 e. The molecule has 0 atom stereocenters. The number of amides is 1. The number of carbonyl (C=O) groups excluding carboxylic acids is 1. The second kappa shape index (κ2) is 6.57. The van der Waals surface area contributed by atoms with E-state index in [2.05, 4.69) is 15.3 Å². The molecule has 1 amide bonds. The van der Waals surface area contributed by atoms with Crippen molar-refractivity contribution in [1.29, 1.82) is 0 Å². The van der Waals surface area contributed by atoms with E-state index in [0.717, 1.165) is 5.56 Å². The van der Waals surface area contributed by atoms with E-state index < -0.39 is 0 Å². The second-order valence-electron chi connectivity index (χ2n) is 5.74. The first-order chi connectivity index (χ1) is 12.6. The maximum atomic E-state index is 12.7. The van der Waals surface area contributed by atoms with Crippen LogP contribution in [0.4, 0.5) is 0 Å². The fourth-order valence-corrected chi connectivity index (χ4v) is 2.93. The topological polar surface area (TPSA) is 76.4 Å². The number of aromatic nitrogens is 3. The molecule has 7 heteroatoms. The Morgan fingerprint density at radius 3 is 2.88 bits per heavy atom. The maximum absolute atomic E-state index is 12.7. The largest absolute Gasteiger partial charge is 0.348 e. The van der Waals surface area contributed by atoms with Crippen LogP contribution < -0.4 is 10.9 Å². The lowest BCUT2D eigenvalue weighted by Crippen LogP contribution is -2.25. The van der Waals surface area contributed by atoms with Gasteiger partial charge in [0, 0.05) is 30.2 Å². The molecule has 4 aromatic rings. The number of nitrogens with one attached hydrogen (secondary N) is 1. The molecular formula is C19H13ClN4O2. The molecular weight excluding hydrogens is 352 g/mol. The van der Waals surface area contributed by atoms with Crippen LogP contribution in [0.1, 0.15) is 15.9 Å². The molecule has 0 saturated heterocycles. The average Bonchev–Trinajstić information content (AvgIpc) is 2.67. The smallest absolute Gasteiger partial charge is 0.265 e. The summed E-state index contributed by atoms with van der Waals surface area (Å²) in [6.07, 6.45) is 4.94. The van der Waals surface area contributed by atoms with E-state index in [1.165, 1.54) is 4.40 Å². The van der Waals surface area contributed by atoms with Gasteiger partial charge in [0.2, 0.25) is 0 Å². The Balaban J connectivity index is 1.78. The molecule has 0 unspecified atom stereocenters. The number of nitrogens with zero attached hydrogens (tertiary/aromatic N) is 3. The number of hydrogen-bond donors (Lipinski definition) is 1. The number of fused-ring (bicyclic) bond motifs is 2. The third-order valence-electron chi connectivity index (χ3n) is 4.02. The van der Waals surface area contributed by atoms with Crippen molar-refractivity contribution < 1.29 is 4.79 Å². The molecule has 3 aromatic heterocycles. The van der Waals surface area contributed by atoms with Gasteiger partial charge >= 0.3 is 0 Å². The van der Waals surface area contributed by atoms with Crippen molar-refractivity contribution in [3.05, 3.63) is 87.6 Å². The first-order valence-corrected chi connectivity index (χ1v) is 8.29. The SMILES string of the molecule is O=C(NCc1cccnc1)c1cccn2c(=O)c3cc(Cl)ccc3nc12. The van der Waals surface area contributed by atoms with E-state index in [1.54, 1.807) is 55.0 Å². The van der Waals surface area contributed by atoms with Crippen LogP contribution in [0.15, 0.2) is 65.8 Å². The third-order valence-corrected chi connectivity index (χ3v) is 4.26. The summed E-state index contributed by atoms with van der Waals surface area (Å²) in [5.74, 6) is -0.313. The minimum atomic E-state index is -0.313. The molecule has 0 radical (unpaired) electrons. The summed E-state index contributed by atoms with van der Waals surface area (Å²) in [5.41, 5.74) is 1.73. The highest BCUT2D eigenvalue weighted by molar-refractivity contribution is 6.31. The van der Waals surface area contributed by atoms with Gasteiger partial charge in [0.15, 0.2) is 5.65 Å². The van der Waals surface area contributed by atoms with E-state index in [4.69, 9.17) is 11.6 Å². The minimum absolute atomic E-state index is 0.269. The van der Waals surface area contributed by atoms with Crippen LogP contribution in [0.5, 0.6) is 0 Å². The lowest BCUT2D eigenvalue weighted by Gasteiger charge is -2.09. The van der Waals surface area contributed by atoms with Gasteiger partial charge in [-0.2, -0.15) is 0 Å². The molecule has 0 spiro atoms. The summed E-state index contributed by atoms with van der Waals surface area (Å²) >= 11 is 5.98. The quantitative estimate of drug-likeness (QED) is 0.567. The highest BCUT2D eigenvalue weighted by Crippen LogP contribution is 2.17. The number of rotatable bonds is 3. The van der Waals surface area contributed by atoms with Crippen molar-refractivity contribution in [2.24, 2.45) is 0 Å². The van der Waals surface area contributed by atoms with Gasteiger partial charge in [0.25, 0.3) is 11.5 Å². The van der Waals surface area contributed by atoms with Crippen molar-refractivity contribution in [3.8, 4) is 0 Å². The molecule has 0 aliphatic carbocycles. The van der Waals surface area contributed by atoms with Gasteiger partial charge in [-0.3, -0.25) is 19.0 Å². The first-order valence-electron chi connectivity index (χ1n) is 7.91. The summed E-state index contributed by atoms with van der Waals surface area (Å²) in [4.78, 5) is 33.8. The molecule has 128 valence electrons. The molecule has 1 aromatic carbocycles. The standard InChI is InChI=1S/C19H13ClN4O2/c20-13-5-6-16-15(9-13)19(26)24-8-2-4-14(17(24)23-16)18(25)22-11-12-3-1-7-21-10-12/h1-10H,11H2,(H,22,25). The zero-order valence-corrected chi connectivity index (χ0v) is 14.3. The van der Waals surface area contributed by atoms with Crippen molar-refractivity contribution in [2.75, 3.05) is 0 Å². The van der Waals surface area contributed by atoms with Crippen LogP contribution >= 0.6 is 11.6 Å². The first kappa shape index (κ1) is 16.2. The average molecular weight is 365 g/mol. The molecule has 3 heterocycles. The van der Waals surface area contributed by atoms with Crippen molar-refractivity contribution in [2.45, 2.75) is 6.54 Å².